The van der Waals surface area contributed by atoms with Gasteiger partial charge in [-0.15, -0.1) is 0 Å². The third-order valence-electron chi connectivity index (χ3n) is 3.61. The number of hydrogen-bond acceptors (Lipinski definition) is 1. The zero-order valence-electron chi connectivity index (χ0n) is 13.3. The van der Waals surface area contributed by atoms with Gasteiger partial charge in [-0.25, -0.2) is 8.78 Å². The van der Waals surface area contributed by atoms with E-state index in [1.807, 2.05) is 37.3 Å². The minimum atomic E-state index is -0.521. The first-order chi connectivity index (χ1) is 11.1. The highest BCUT2D eigenvalue weighted by molar-refractivity contribution is 5.80. The van der Waals surface area contributed by atoms with Crippen molar-refractivity contribution in [3.05, 3.63) is 71.3 Å². The van der Waals surface area contributed by atoms with Crippen molar-refractivity contribution < 1.29 is 8.78 Å². The largest absolute Gasteiger partial charge is 0.356 e. The molecular weight excluding hydrogens is 296 g/mol. The predicted octanol–water partition coefficient (Wildman–Crippen LogP) is 3.43. The zero-order chi connectivity index (χ0) is 16.7. The Kier molecular flexibility index (Phi) is 6.09. The Morgan fingerprint density at radius 2 is 1.70 bits per heavy atom. The van der Waals surface area contributed by atoms with E-state index in [0.29, 0.717) is 12.5 Å². The van der Waals surface area contributed by atoms with Gasteiger partial charge in [0.2, 0.25) is 0 Å². The van der Waals surface area contributed by atoms with Crippen LogP contribution in [0.4, 0.5) is 8.78 Å². The molecule has 0 aliphatic heterocycles. The van der Waals surface area contributed by atoms with E-state index in [1.165, 1.54) is 18.2 Å². The van der Waals surface area contributed by atoms with E-state index in [1.54, 1.807) is 7.05 Å². The van der Waals surface area contributed by atoms with Crippen LogP contribution in [-0.2, 0) is 6.42 Å². The molecule has 5 heteroatoms. The fourth-order valence-corrected chi connectivity index (χ4v) is 2.30. The number of aliphatic imine (C=N–C) groups is 1. The lowest BCUT2D eigenvalue weighted by Crippen LogP contribution is -2.39. The third kappa shape index (κ3) is 4.77. The molecule has 1 unspecified atom stereocenters. The monoisotopic (exact) mass is 317 g/mol. The molecule has 3 nitrogen and oxygen atoms in total. The van der Waals surface area contributed by atoms with E-state index >= 15 is 0 Å². The number of nitrogens with one attached hydrogen (secondary N) is 2. The van der Waals surface area contributed by atoms with Gasteiger partial charge in [-0.2, -0.15) is 0 Å². The molecule has 0 amide bonds. The smallest absolute Gasteiger partial charge is 0.191 e. The lowest BCUT2D eigenvalue weighted by atomic mass is 10.1. The second kappa shape index (κ2) is 8.27. The van der Waals surface area contributed by atoms with Crippen LogP contribution in [0.5, 0.6) is 0 Å². The van der Waals surface area contributed by atoms with Crippen molar-refractivity contribution in [2.24, 2.45) is 4.99 Å². The highest BCUT2D eigenvalue weighted by atomic mass is 19.1. The molecule has 2 rings (SSSR count). The van der Waals surface area contributed by atoms with Gasteiger partial charge in [0, 0.05) is 19.2 Å². The van der Waals surface area contributed by atoms with Crippen molar-refractivity contribution in [1.29, 1.82) is 0 Å². The number of rotatable bonds is 5. The summed E-state index contributed by atoms with van der Waals surface area (Å²) in [5.74, 6) is -0.446. The fraction of sp³-hybridized carbons (Fsp3) is 0.278. The van der Waals surface area contributed by atoms with E-state index in [9.17, 15) is 8.78 Å². The van der Waals surface area contributed by atoms with Crippen LogP contribution in [0.2, 0.25) is 0 Å². The van der Waals surface area contributed by atoms with Gasteiger partial charge < -0.3 is 10.6 Å². The maximum absolute atomic E-state index is 13.6. The molecule has 0 aromatic heterocycles. The summed E-state index contributed by atoms with van der Waals surface area (Å²) < 4.78 is 27.1. The highest BCUT2D eigenvalue weighted by Gasteiger charge is 2.10. The van der Waals surface area contributed by atoms with E-state index in [-0.39, 0.29) is 18.0 Å². The van der Waals surface area contributed by atoms with Crippen LogP contribution < -0.4 is 10.6 Å². The van der Waals surface area contributed by atoms with Gasteiger partial charge in [-0.1, -0.05) is 36.4 Å². The molecule has 2 N–H and O–H groups in total. The molecule has 0 bridgehead atoms. The molecule has 0 heterocycles. The standard InChI is InChI=1S/C18H21F2N3/c1-13(14-7-4-3-5-8-14)23-18(21-2)22-12-11-15-16(19)9-6-10-17(15)20/h3-10,13H,11-12H2,1-2H3,(H2,21,22,23). The highest BCUT2D eigenvalue weighted by Crippen LogP contribution is 2.12. The van der Waals surface area contributed by atoms with Gasteiger partial charge in [0.15, 0.2) is 5.96 Å². The SMILES string of the molecule is CN=C(NCCc1c(F)cccc1F)NC(C)c1ccccc1. The Labute approximate surface area is 135 Å². The van der Waals surface area contributed by atoms with Crippen molar-refractivity contribution in [3.63, 3.8) is 0 Å². The molecule has 0 saturated heterocycles. The zero-order valence-corrected chi connectivity index (χ0v) is 13.3. The second-order valence-corrected chi connectivity index (χ2v) is 5.23. The molecule has 0 saturated carbocycles. The summed E-state index contributed by atoms with van der Waals surface area (Å²) in [6.07, 6.45) is 0.249. The number of benzene rings is 2. The molecule has 0 fully saturated rings. The average molecular weight is 317 g/mol. The van der Waals surface area contributed by atoms with E-state index < -0.39 is 11.6 Å². The van der Waals surface area contributed by atoms with Crippen LogP contribution in [0.15, 0.2) is 53.5 Å². The Morgan fingerprint density at radius 1 is 1.04 bits per heavy atom. The molecule has 0 radical (unpaired) electrons. The minimum Gasteiger partial charge on any atom is -0.356 e. The van der Waals surface area contributed by atoms with E-state index in [2.05, 4.69) is 15.6 Å². The molecule has 1 atom stereocenters. The Hall–Kier alpha value is -2.43. The van der Waals surface area contributed by atoms with Crippen molar-refractivity contribution in [1.82, 2.24) is 10.6 Å². The lowest BCUT2D eigenvalue weighted by Gasteiger charge is -2.18. The van der Waals surface area contributed by atoms with Gasteiger partial charge in [-0.05, 0) is 31.0 Å². The van der Waals surface area contributed by atoms with Crippen molar-refractivity contribution >= 4 is 5.96 Å². The van der Waals surface area contributed by atoms with Crippen LogP contribution in [-0.4, -0.2) is 19.6 Å². The Balaban J connectivity index is 1.88. The molecular formula is C18H21F2N3. The first kappa shape index (κ1) is 16.9. The summed E-state index contributed by atoms with van der Waals surface area (Å²) in [6.45, 7) is 2.41. The van der Waals surface area contributed by atoms with Crippen LogP contribution >= 0.6 is 0 Å². The molecule has 122 valence electrons. The average Bonchev–Trinajstić information content (AvgIpc) is 2.57. The summed E-state index contributed by atoms with van der Waals surface area (Å²) in [4.78, 5) is 4.14. The van der Waals surface area contributed by atoms with Gasteiger partial charge in [0.25, 0.3) is 0 Å². The minimum absolute atomic E-state index is 0.0765. The van der Waals surface area contributed by atoms with Gasteiger partial charge in [0.1, 0.15) is 11.6 Å². The van der Waals surface area contributed by atoms with Crippen molar-refractivity contribution in [2.75, 3.05) is 13.6 Å². The maximum Gasteiger partial charge on any atom is 0.191 e. The fourth-order valence-electron chi connectivity index (χ4n) is 2.30. The van der Waals surface area contributed by atoms with Crippen molar-refractivity contribution in [3.8, 4) is 0 Å². The van der Waals surface area contributed by atoms with Crippen LogP contribution in [0, 0.1) is 11.6 Å². The van der Waals surface area contributed by atoms with Crippen molar-refractivity contribution in [2.45, 2.75) is 19.4 Å². The van der Waals surface area contributed by atoms with E-state index in [4.69, 9.17) is 0 Å². The number of guanidine groups is 1. The molecule has 23 heavy (non-hydrogen) atoms. The molecule has 2 aromatic rings. The van der Waals surface area contributed by atoms with Crippen LogP contribution in [0.25, 0.3) is 0 Å². The van der Waals surface area contributed by atoms with Crippen LogP contribution in [0.1, 0.15) is 24.1 Å². The molecule has 0 spiro atoms. The predicted molar refractivity (Wildman–Crippen MR) is 89.4 cm³/mol. The van der Waals surface area contributed by atoms with Crippen LogP contribution in [0.3, 0.4) is 0 Å². The molecule has 0 aliphatic carbocycles. The Bertz CT molecular complexity index is 636. The normalized spacial score (nSPS) is 12.8. The van der Waals surface area contributed by atoms with Gasteiger partial charge in [-0.3, -0.25) is 4.99 Å². The summed E-state index contributed by atoms with van der Waals surface area (Å²) in [7, 11) is 1.66. The van der Waals surface area contributed by atoms with Gasteiger partial charge >= 0.3 is 0 Å². The summed E-state index contributed by atoms with van der Waals surface area (Å²) in [5, 5.41) is 6.33. The van der Waals surface area contributed by atoms with E-state index in [0.717, 1.165) is 5.56 Å². The lowest BCUT2D eigenvalue weighted by molar-refractivity contribution is 0.552. The summed E-state index contributed by atoms with van der Waals surface area (Å²) in [6, 6.07) is 13.9. The number of hydrogen-bond donors (Lipinski definition) is 2. The first-order valence-electron chi connectivity index (χ1n) is 7.57. The second-order valence-electron chi connectivity index (χ2n) is 5.23. The summed E-state index contributed by atoms with van der Waals surface area (Å²) in [5.41, 5.74) is 1.22. The third-order valence-corrected chi connectivity index (χ3v) is 3.61. The number of nitrogens with zero attached hydrogens (tertiary/aromatic N) is 1. The summed E-state index contributed by atoms with van der Waals surface area (Å²) >= 11 is 0. The number of halogens is 2. The maximum atomic E-state index is 13.6. The van der Waals surface area contributed by atoms with Gasteiger partial charge in [0.05, 0.1) is 6.04 Å². The molecule has 2 aromatic carbocycles. The molecule has 0 aliphatic rings. The first-order valence-corrected chi connectivity index (χ1v) is 7.57. The topological polar surface area (TPSA) is 36.4 Å². The Morgan fingerprint density at radius 3 is 2.30 bits per heavy atom. The quantitative estimate of drug-likeness (QED) is 0.655.